The van der Waals surface area contributed by atoms with E-state index in [1.165, 1.54) is 26.4 Å². The number of fused-ring (bicyclic) bond motifs is 1. The summed E-state index contributed by atoms with van der Waals surface area (Å²) in [5, 5.41) is 1.05. The first-order valence-electron chi connectivity index (χ1n) is 7.91. The van der Waals surface area contributed by atoms with Crippen LogP contribution in [0.25, 0.3) is 22.1 Å². The van der Waals surface area contributed by atoms with Gasteiger partial charge in [0, 0.05) is 10.4 Å². The van der Waals surface area contributed by atoms with Crippen molar-refractivity contribution in [2.45, 2.75) is 6.92 Å². The average Bonchev–Trinajstić information content (AvgIpc) is 2.67. The van der Waals surface area contributed by atoms with E-state index >= 15 is 0 Å². The molecule has 0 fully saturated rings. The highest BCUT2D eigenvalue weighted by atomic mass is 35.5. The molecule has 0 N–H and O–H groups in total. The first-order valence-corrected chi connectivity index (χ1v) is 8.29. The molecule has 3 rings (SSSR count). The summed E-state index contributed by atoms with van der Waals surface area (Å²) in [6.07, 6.45) is 0. The second-order valence-corrected chi connectivity index (χ2v) is 6.21. The van der Waals surface area contributed by atoms with E-state index in [2.05, 4.69) is 0 Å². The van der Waals surface area contributed by atoms with E-state index < -0.39 is 17.6 Å². The molecule has 0 bridgehead atoms. The Hall–Kier alpha value is -3.12. The largest absolute Gasteiger partial charge is 0.465 e. The molecule has 0 aliphatic rings. The standard InChI is InChI=1S/C20H15ClO6/c1-10-13-8-14(18(22)25-2)15(19(23)26-3)9-16(13)27-20(24)17(10)11-4-6-12(21)7-5-11/h4-9H,1-3H3. The highest BCUT2D eigenvalue weighted by Gasteiger charge is 2.23. The smallest absolute Gasteiger partial charge is 0.344 e. The number of hydrogen-bond donors (Lipinski definition) is 0. The zero-order valence-corrected chi connectivity index (χ0v) is 15.5. The molecule has 3 aromatic rings. The fraction of sp³-hybridized carbons (Fsp3) is 0.150. The number of esters is 2. The van der Waals surface area contributed by atoms with E-state index in [0.29, 0.717) is 27.1 Å². The molecule has 7 heteroatoms. The molecule has 0 aliphatic carbocycles. The van der Waals surface area contributed by atoms with Gasteiger partial charge in [-0.15, -0.1) is 0 Å². The number of carbonyl (C=O) groups excluding carboxylic acids is 2. The van der Waals surface area contributed by atoms with Crippen LogP contribution in [0, 0.1) is 6.92 Å². The Bertz CT molecular complexity index is 1110. The third-order valence-corrected chi connectivity index (χ3v) is 4.50. The minimum absolute atomic E-state index is 0.0239. The third-order valence-electron chi connectivity index (χ3n) is 4.25. The number of methoxy groups -OCH3 is 2. The van der Waals surface area contributed by atoms with Crippen molar-refractivity contribution in [3.63, 3.8) is 0 Å². The van der Waals surface area contributed by atoms with Gasteiger partial charge in [0.15, 0.2) is 0 Å². The minimum Gasteiger partial charge on any atom is -0.465 e. The molecule has 0 aliphatic heterocycles. The molecule has 0 radical (unpaired) electrons. The van der Waals surface area contributed by atoms with Crippen LogP contribution in [0.3, 0.4) is 0 Å². The topological polar surface area (TPSA) is 82.8 Å². The number of halogens is 1. The second kappa shape index (κ2) is 7.25. The first kappa shape index (κ1) is 18.7. The molecular formula is C20H15ClO6. The van der Waals surface area contributed by atoms with Crippen LogP contribution in [0.15, 0.2) is 45.6 Å². The molecule has 0 spiro atoms. The lowest BCUT2D eigenvalue weighted by molar-refractivity contribution is 0.0555. The molecular weight excluding hydrogens is 372 g/mol. The molecule has 0 unspecified atom stereocenters. The average molecular weight is 387 g/mol. The van der Waals surface area contributed by atoms with Gasteiger partial charge in [-0.05, 0) is 42.3 Å². The Kier molecular flexibility index (Phi) is 5.01. The van der Waals surface area contributed by atoms with Gasteiger partial charge in [-0.25, -0.2) is 14.4 Å². The normalized spacial score (nSPS) is 10.7. The number of carbonyl (C=O) groups is 2. The Balaban J connectivity index is 2.35. The summed E-state index contributed by atoms with van der Waals surface area (Å²) in [5.74, 6) is -1.43. The molecule has 6 nitrogen and oxygen atoms in total. The number of rotatable bonds is 3. The van der Waals surface area contributed by atoms with Crippen LogP contribution in [-0.2, 0) is 9.47 Å². The van der Waals surface area contributed by atoms with Gasteiger partial charge >= 0.3 is 17.6 Å². The van der Waals surface area contributed by atoms with Crippen molar-refractivity contribution in [1.82, 2.24) is 0 Å². The number of aryl methyl sites for hydroxylation is 1. The van der Waals surface area contributed by atoms with E-state index in [9.17, 15) is 14.4 Å². The van der Waals surface area contributed by atoms with Gasteiger partial charge in [-0.2, -0.15) is 0 Å². The summed E-state index contributed by atoms with van der Waals surface area (Å²) in [7, 11) is 2.41. The van der Waals surface area contributed by atoms with Crippen LogP contribution in [-0.4, -0.2) is 26.2 Å². The monoisotopic (exact) mass is 386 g/mol. The van der Waals surface area contributed by atoms with Gasteiger partial charge in [-0.1, -0.05) is 23.7 Å². The third kappa shape index (κ3) is 3.31. The van der Waals surface area contributed by atoms with Crippen molar-refractivity contribution >= 4 is 34.5 Å². The van der Waals surface area contributed by atoms with Gasteiger partial charge in [-0.3, -0.25) is 0 Å². The summed E-state index contributed by atoms with van der Waals surface area (Å²) in [5.41, 5.74) is 1.16. The van der Waals surface area contributed by atoms with E-state index in [4.69, 9.17) is 25.5 Å². The SMILES string of the molecule is COC(=O)c1cc2oc(=O)c(-c3ccc(Cl)cc3)c(C)c2cc1C(=O)OC. The van der Waals surface area contributed by atoms with E-state index in [1.54, 1.807) is 31.2 Å². The lowest BCUT2D eigenvalue weighted by atomic mass is 9.96. The fourth-order valence-electron chi connectivity index (χ4n) is 2.90. The fourth-order valence-corrected chi connectivity index (χ4v) is 3.03. The minimum atomic E-state index is -0.737. The zero-order chi connectivity index (χ0) is 19.7. The maximum absolute atomic E-state index is 12.6. The Labute approximate surface area is 159 Å². The lowest BCUT2D eigenvalue weighted by Gasteiger charge is -2.12. The quantitative estimate of drug-likeness (QED) is 0.500. The van der Waals surface area contributed by atoms with Crippen molar-refractivity contribution in [3.05, 3.63) is 68.5 Å². The van der Waals surface area contributed by atoms with Crippen LogP contribution in [0.2, 0.25) is 5.02 Å². The molecule has 138 valence electrons. The van der Waals surface area contributed by atoms with E-state index in [1.807, 2.05) is 0 Å². The van der Waals surface area contributed by atoms with Gasteiger partial charge < -0.3 is 13.9 Å². The van der Waals surface area contributed by atoms with Crippen LogP contribution < -0.4 is 5.63 Å². The predicted molar refractivity (Wildman–Crippen MR) is 100 cm³/mol. The molecule has 0 atom stereocenters. The number of hydrogen-bond acceptors (Lipinski definition) is 6. The van der Waals surface area contributed by atoms with Gasteiger partial charge in [0.25, 0.3) is 0 Å². The highest BCUT2D eigenvalue weighted by Crippen LogP contribution is 2.30. The Morgan fingerprint density at radius 1 is 0.963 bits per heavy atom. The molecule has 2 aromatic carbocycles. The molecule has 0 saturated heterocycles. The summed E-state index contributed by atoms with van der Waals surface area (Å²) in [6, 6.07) is 9.52. The predicted octanol–water partition coefficient (Wildman–Crippen LogP) is 4.00. The number of ether oxygens (including phenoxy) is 2. The molecule has 1 aromatic heterocycles. The zero-order valence-electron chi connectivity index (χ0n) is 14.8. The highest BCUT2D eigenvalue weighted by molar-refractivity contribution is 6.30. The molecule has 0 amide bonds. The van der Waals surface area contributed by atoms with Crippen LogP contribution in [0.4, 0.5) is 0 Å². The maximum Gasteiger partial charge on any atom is 0.344 e. The second-order valence-electron chi connectivity index (χ2n) is 5.77. The van der Waals surface area contributed by atoms with Crippen LogP contribution >= 0.6 is 11.6 Å². The van der Waals surface area contributed by atoms with Crippen LogP contribution in [0.5, 0.6) is 0 Å². The van der Waals surface area contributed by atoms with Gasteiger partial charge in [0.1, 0.15) is 5.58 Å². The summed E-state index contributed by atoms with van der Waals surface area (Å²) >= 11 is 5.91. The molecule has 0 saturated carbocycles. The van der Waals surface area contributed by atoms with Crippen molar-refractivity contribution in [3.8, 4) is 11.1 Å². The van der Waals surface area contributed by atoms with Crippen molar-refractivity contribution in [1.29, 1.82) is 0 Å². The molecule has 27 heavy (non-hydrogen) atoms. The lowest BCUT2D eigenvalue weighted by Crippen LogP contribution is -2.13. The molecule has 1 heterocycles. The maximum atomic E-state index is 12.6. The van der Waals surface area contributed by atoms with E-state index in [-0.39, 0.29) is 16.7 Å². The van der Waals surface area contributed by atoms with Gasteiger partial charge in [0.2, 0.25) is 0 Å². The number of benzene rings is 2. The summed E-state index contributed by atoms with van der Waals surface area (Å²) in [6.45, 7) is 1.74. The van der Waals surface area contributed by atoms with Crippen molar-refractivity contribution in [2.75, 3.05) is 14.2 Å². The van der Waals surface area contributed by atoms with Crippen molar-refractivity contribution < 1.29 is 23.5 Å². The first-order chi connectivity index (χ1) is 12.9. The van der Waals surface area contributed by atoms with Gasteiger partial charge in [0.05, 0.1) is 30.9 Å². The summed E-state index contributed by atoms with van der Waals surface area (Å²) in [4.78, 5) is 36.7. The van der Waals surface area contributed by atoms with Crippen LogP contribution in [0.1, 0.15) is 26.3 Å². The van der Waals surface area contributed by atoms with Crippen molar-refractivity contribution in [2.24, 2.45) is 0 Å². The Morgan fingerprint density at radius 2 is 1.52 bits per heavy atom. The summed E-state index contributed by atoms with van der Waals surface area (Å²) < 4.78 is 14.9. The van der Waals surface area contributed by atoms with E-state index in [0.717, 1.165) is 0 Å². The Morgan fingerprint density at radius 3 is 2.07 bits per heavy atom.